The molecule has 0 bridgehead atoms. The zero-order valence-corrected chi connectivity index (χ0v) is 13.1. The summed E-state index contributed by atoms with van der Waals surface area (Å²) < 4.78 is 11.1. The van der Waals surface area contributed by atoms with Crippen molar-refractivity contribution >= 4 is 23.2 Å². The van der Waals surface area contributed by atoms with Gasteiger partial charge >= 0.3 is 0 Å². The minimum absolute atomic E-state index is 0.0777. The highest BCUT2D eigenvalue weighted by molar-refractivity contribution is 6.18. The number of unbranched alkanes of at least 4 members (excludes halogenated alkanes) is 6. The molecule has 0 heterocycles. The molecule has 0 saturated heterocycles. The van der Waals surface area contributed by atoms with E-state index in [9.17, 15) is 0 Å². The molecule has 0 aliphatic rings. The second-order valence-corrected chi connectivity index (χ2v) is 5.27. The average Bonchev–Trinajstić information content (AvgIpc) is 2.38. The van der Waals surface area contributed by atoms with E-state index in [1.807, 2.05) is 6.92 Å². The zero-order chi connectivity index (χ0) is 13.5. The van der Waals surface area contributed by atoms with Crippen molar-refractivity contribution in [3.8, 4) is 0 Å². The third-order valence-electron chi connectivity index (χ3n) is 2.76. The molecule has 0 atom stereocenters. The van der Waals surface area contributed by atoms with Gasteiger partial charge in [0.05, 0.1) is 0 Å². The quantitative estimate of drug-likeness (QED) is 0.256. The van der Waals surface area contributed by atoms with E-state index in [1.165, 1.54) is 25.7 Å². The van der Waals surface area contributed by atoms with E-state index in [-0.39, 0.29) is 6.29 Å². The van der Waals surface area contributed by atoms with Crippen molar-refractivity contribution in [2.24, 2.45) is 0 Å². The van der Waals surface area contributed by atoms with Gasteiger partial charge in [-0.1, -0.05) is 25.7 Å². The summed E-state index contributed by atoms with van der Waals surface area (Å²) in [6.45, 7) is 3.54. The van der Waals surface area contributed by atoms with E-state index in [2.05, 4.69) is 0 Å². The van der Waals surface area contributed by atoms with Crippen molar-refractivity contribution in [1.29, 1.82) is 0 Å². The van der Waals surface area contributed by atoms with Crippen molar-refractivity contribution in [2.45, 2.75) is 64.6 Å². The maximum Gasteiger partial charge on any atom is 0.154 e. The van der Waals surface area contributed by atoms with Crippen molar-refractivity contribution in [2.75, 3.05) is 25.0 Å². The first-order valence-electron chi connectivity index (χ1n) is 7.16. The lowest BCUT2D eigenvalue weighted by atomic mass is 10.2. The summed E-state index contributed by atoms with van der Waals surface area (Å²) in [5.41, 5.74) is 0. The standard InChI is InChI=1S/C14H28Cl2O2/c1-14(17-12-8-4-2-6-10-15)18-13-9-5-3-7-11-16/h14H,2-13H2,1H3. The van der Waals surface area contributed by atoms with Gasteiger partial charge in [0, 0.05) is 25.0 Å². The van der Waals surface area contributed by atoms with Gasteiger partial charge in [-0.25, -0.2) is 0 Å². The molecule has 2 nitrogen and oxygen atoms in total. The van der Waals surface area contributed by atoms with Crippen LogP contribution in [0.25, 0.3) is 0 Å². The molecule has 4 heteroatoms. The molecule has 110 valence electrons. The van der Waals surface area contributed by atoms with Gasteiger partial charge in [0.1, 0.15) is 0 Å². The van der Waals surface area contributed by atoms with Crippen LogP contribution in [0.2, 0.25) is 0 Å². The first kappa shape index (κ1) is 18.5. The maximum atomic E-state index is 5.61. The van der Waals surface area contributed by atoms with E-state index in [0.717, 1.165) is 50.7 Å². The Labute approximate surface area is 122 Å². The zero-order valence-electron chi connectivity index (χ0n) is 11.6. The fourth-order valence-electron chi connectivity index (χ4n) is 1.65. The second kappa shape index (κ2) is 15.6. The Morgan fingerprint density at radius 1 is 0.667 bits per heavy atom. The Balaban J connectivity index is 3.10. The molecule has 0 spiro atoms. The largest absolute Gasteiger partial charge is 0.353 e. The fourth-order valence-corrected chi connectivity index (χ4v) is 2.02. The lowest BCUT2D eigenvalue weighted by molar-refractivity contribution is -0.131. The molecule has 0 aromatic rings. The van der Waals surface area contributed by atoms with Gasteiger partial charge < -0.3 is 9.47 Å². The van der Waals surface area contributed by atoms with Crippen LogP contribution in [0.4, 0.5) is 0 Å². The topological polar surface area (TPSA) is 18.5 Å². The summed E-state index contributed by atoms with van der Waals surface area (Å²) in [7, 11) is 0. The molecule has 0 aliphatic heterocycles. The Bertz CT molecular complexity index is 141. The first-order chi connectivity index (χ1) is 8.81. The van der Waals surface area contributed by atoms with Gasteiger partial charge in [-0.2, -0.15) is 0 Å². The van der Waals surface area contributed by atoms with Crippen LogP contribution in [0.15, 0.2) is 0 Å². The summed E-state index contributed by atoms with van der Waals surface area (Å²) in [5.74, 6) is 1.54. The van der Waals surface area contributed by atoms with Crippen LogP contribution in [0, 0.1) is 0 Å². The third kappa shape index (κ3) is 14.6. The molecular weight excluding hydrogens is 271 g/mol. The van der Waals surface area contributed by atoms with Crippen molar-refractivity contribution in [1.82, 2.24) is 0 Å². The van der Waals surface area contributed by atoms with Crippen molar-refractivity contribution in [3.05, 3.63) is 0 Å². The molecule has 18 heavy (non-hydrogen) atoms. The lowest BCUT2D eigenvalue weighted by Crippen LogP contribution is -2.14. The smallest absolute Gasteiger partial charge is 0.154 e. The summed E-state index contributed by atoms with van der Waals surface area (Å²) in [6, 6.07) is 0. The highest BCUT2D eigenvalue weighted by atomic mass is 35.5. The van der Waals surface area contributed by atoms with Crippen LogP contribution in [-0.2, 0) is 9.47 Å². The molecule has 0 radical (unpaired) electrons. The molecular formula is C14H28Cl2O2. The molecule has 0 N–H and O–H groups in total. The van der Waals surface area contributed by atoms with Gasteiger partial charge in [-0.15, -0.1) is 23.2 Å². The Hall–Kier alpha value is 0.500. The van der Waals surface area contributed by atoms with E-state index in [0.29, 0.717) is 0 Å². The number of hydrogen-bond acceptors (Lipinski definition) is 2. The maximum absolute atomic E-state index is 5.61. The molecule has 0 amide bonds. The Morgan fingerprint density at radius 2 is 1.06 bits per heavy atom. The van der Waals surface area contributed by atoms with Gasteiger partial charge in [0.15, 0.2) is 6.29 Å². The Kier molecular flexibility index (Phi) is 16.0. The van der Waals surface area contributed by atoms with Gasteiger partial charge in [0.25, 0.3) is 0 Å². The SMILES string of the molecule is CC(OCCCCCCCl)OCCCCCCCl. The minimum Gasteiger partial charge on any atom is -0.353 e. The number of alkyl halides is 2. The Morgan fingerprint density at radius 3 is 1.44 bits per heavy atom. The number of hydrogen-bond donors (Lipinski definition) is 0. The van der Waals surface area contributed by atoms with E-state index >= 15 is 0 Å². The summed E-state index contributed by atoms with van der Waals surface area (Å²) in [6.07, 6.45) is 9.11. The minimum atomic E-state index is -0.0777. The van der Waals surface area contributed by atoms with Crippen LogP contribution in [-0.4, -0.2) is 31.3 Å². The van der Waals surface area contributed by atoms with Gasteiger partial charge in [-0.05, 0) is 32.6 Å². The number of rotatable bonds is 14. The molecule has 0 aliphatic carbocycles. The van der Waals surface area contributed by atoms with E-state index in [1.54, 1.807) is 0 Å². The molecule has 0 rings (SSSR count). The van der Waals surface area contributed by atoms with Crippen LogP contribution < -0.4 is 0 Å². The summed E-state index contributed by atoms with van der Waals surface area (Å²) in [4.78, 5) is 0. The lowest BCUT2D eigenvalue weighted by Gasteiger charge is -2.14. The van der Waals surface area contributed by atoms with Gasteiger partial charge in [0.2, 0.25) is 0 Å². The van der Waals surface area contributed by atoms with Crippen LogP contribution >= 0.6 is 23.2 Å². The summed E-state index contributed by atoms with van der Waals surface area (Å²) >= 11 is 11.2. The molecule has 0 unspecified atom stereocenters. The third-order valence-corrected chi connectivity index (χ3v) is 3.30. The van der Waals surface area contributed by atoms with Crippen LogP contribution in [0.1, 0.15) is 58.3 Å². The summed E-state index contributed by atoms with van der Waals surface area (Å²) in [5, 5.41) is 0. The predicted octanol–water partition coefficient (Wildman–Crippen LogP) is 4.96. The van der Waals surface area contributed by atoms with E-state index < -0.39 is 0 Å². The monoisotopic (exact) mass is 298 g/mol. The molecule has 0 aromatic carbocycles. The molecule has 0 saturated carbocycles. The number of halogens is 2. The van der Waals surface area contributed by atoms with Crippen molar-refractivity contribution in [3.63, 3.8) is 0 Å². The van der Waals surface area contributed by atoms with Crippen molar-refractivity contribution < 1.29 is 9.47 Å². The van der Waals surface area contributed by atoms with Gasteiger partial charge in [-0.3, -0.25) is 0 Å². The number of ether oxygens (including phenoxy) is 2. The normalized spacial score (nSPS) is 11.3. The highest BCUT2D eigenvalue weighted by Crippen LogP contribution is 2.05. The predicted molar refractivity (Wildman–Crippen MR) is 79.7 cm³/mol. The first-order valence-corrected chi connectivity index (χ1v) is 8.23. The molecule has 0 aromatic heterocycles. The fraction of sp³-hybridized carbons (Fsp3) is 1.00. The van der Waals surface area contributed by atoms with E-state index in [4.69, 9.17) is 32.7 Å². The molecule has 0 fully saturated rings. The average molecular weight is 299 g/mol. The second-order valence-electron chi connectivity index (χ2n) is 4.52. The van der Waals surface area contributed by atoms with Crippen LogP contribution in [0.3, 0.4) is 0 Å². The van der Waals surface area contributed by atoms with Crippen LogP contribution in [0.5, 0.6) is 0 Å². The highest BCUT2D eigenvalue weighted by Gasteiger charge is 2.01.